The van der Waals surface area contributed by atoms with Gasteiger partial charge in [-0.15, -0.1) is 0 Å². The first-order valence-corrected chi connectivity index (χ1v) is 11.4. The third-order valence-corrected chi connectivity index (χ3v) is 6.12. The number of aromatic nitrogens is 2. The maximum Gasteiger partial charge on any atom is 0.254 e. The molecule has 1 aromatic heterocycles. The van der Waals surface area contributed by atoms with Crippen LogP contribution in [-0.2, 0) is 9.53 Å². The van der Waals surface area contributed by atoms with Crippen molar-refractivity contribution in [1.29, 1.82) is 0 Å². The zero-order valence-corrected chi connectivity index (χ0v) is 18.3. The smallest absolute Gasteiger partial charge is 0.254 e. The second-order valence-corrected chi connectivity index (χ2v) is 8.40. The fourth-order valence-electron chi connectivity index (χ4n) is 4.41. The maximum atomic E-state index is 13.5. The average molecular weight is 447 g/mol. The number of carbonyl (C=O) groups excluding carboxylic acids is 2. The third kappa shape index (κ3) is 4.66. The van der Waals surface area contributed by atoms with Crippen LogP contribution in [0.3, 0.4) is 0 Å². The number of amides is 2. The molecule has 0 spiro atoms. The van der Waals surface area contributed by atoms with E-state index in [-0.39, 0.29) is 17.9 Å². The van der Waals surface area contributed by atoms with Crippen LogP contribution < -0.4 is 5.32 Å². The summed E-state index contributed by atoms with van der Waals surface area (Å²) in [5.74, 6) is 0.673. The molecular formula is C25H26N4O4. The summed E-state index contributed by atoms with van der Waals surface area (Å²) in [5, 5.41) is 7.00. The standard InChI is InChI=1S/C25H26N4O4/c30-23(21-13-7-15-32-21)26-19-11-6-10-18(16-19)25(31)29-14-5-4-12-20(29)24-27-22(28-33-24)17-8-2-1-3-9-17/h1-3,6,8-11,16,20-21H,4-5,7,12-15H2,(H,26,30). The van der Waals surface area contributed by atoms with Crippen molar-refractivity contribution in [3.63, 3.8) is 0 Å². The van der Waals surface area contributed by atoms with E-state index in [0.717, 1.165) is 37.7 Å². The van der Waals surface area contributed by atoms with Crippen molar-refractivity contribution in [2.75, 3.05) is 18.5 Å². The number of nitrogens with zero attached hydrogens (tertiary/aromatic N) is 3. The number of piperidine rings is 1. The van der Waals surface area contributed by atoms with E-state index in [1.807, 2.05) is 30.3 Å². The molecule has 2 fully saturated rings. The quantitative estimate of drug-likeness (QED) is 0.630. The van der Waals surface area contributed by atoms with Crippen LogP contribution in [0, 0.1) is 0 Å². The van der Waals surface area contributed by atoms with Gasteiger partial charge in [-0.3, -0.25) is 9.59 Å². The first kappa shape index (κ1) is 21.3. The second-order valence-electron chi connectivity index (χ2n) is 8.40. The van der Waals surface area contributed by atoms with Crippen LogP contribution in [0.25, 0.3) is 11.4 Å². The van der Waals surface area contributed by atoms with Crippen LogP contribution in [0.4, 0.5) is 5.69 Å². The maximum absolute atomic E-state index is 13.5. The molecule has 0 saturated carbocycles. The van der Waals surface area contributed by atoms with E-state index in [1.165, 1.54) is 0 Å². The Hall–Kier alpha value is -3.52. The molecule has 170 valence electrons. The van der Waals surface area contributed by atoms with Gasteiger partial charge in [-0.1, -0.05) is 41.6 Å². The molecule has 8 nitrogen and oxygen atoms in total. The van der Waals surface area contributed by atoms with E-state index >= 15 is 0 Å². The van der Waals surface area contributed by atoms with Crippen LogP contribution in [0.15, 0.2) is 59.1 Å². The van der Waals surface area contributed by atoms with Gasteiger partial charge < -0.3 is 19.5 Å². The summed E-state index contributed by atoms with van der Waals surface area (Å²) in [4.78, 5) is 32.2. The summed E-state index contributed by atoms with van der Waals surface area (Å²) in [7, 11) is 0. The first-order valence-electron chi connectivity index (χ1n) is 11.4. The molecule has 0 radical (unpaired) electrons. The number of hydrogen-bond donors (Lipinski definition) is 1. The van der Waals surface area contributed by atoms with Gasteiger partial charge in [0, 0.05) is 30.0 Å². The Morgan fingerprint density at radius 2 is 1.88 bits per heavy atom. The molecule has 2 aromatic carbocycles. The van der Waals surface area contributed by atoms with Crippen molar-refractivity contribution in [2.45, 2.75) is 44.2 Å². The van der Waals surface area contributed by atoms with Crippen LogP contribution in [-0.4, -0.2) is 46.1 Å². The summed E-state index contributed by atoms with van der Waals surface area (Å²) < 4.78 is 11.0. The normalized spacial score (nSPS) is 20.5. The molecular weight excluding hydrogens is 420 g/mol. The van der Waals surface area contributed by atoms with Gasteiger partial charge in [0.1, 0.15) is 12.1 Å². The SMILES string of the molecule is O=C(Nc1cccc(C(=O)N2CCCCC2c2nc(-c3ccccc3)no2)c1)C1CCCO1. The molecule has 5 rings (SSSR count). The van der Waals surface area contributed by atoms with Crippen LogP contribution in [0.1, 0.15) is 54.4 Å². The Morgan fingerprint density at radius 1 is 1.00 bits per heavy atom. The molecule has 2 aliphatic rings. The molecule has 1 N–H and O–H groups in total. The summed E-state index contributed by atoms with van der Waals surface area (Å²) >= 11 is 0. The Bertz CT molecular complexity index is 1120. The number of benzene rings is 2. The van der Waals surface area contributed by atoms with Crippen molar-refractivity contribution in [3.05, 3.63) is 66.1 Å². The van der Waals surface area contributed by atoms with E-state index in [1.54, 1.807) is 29.2 Å². The van der Waals surface area contributed by atoms with Crippen molar-refractivity contribution in [1.82, 2.24) is 15.0 Å². The first-order chi connectivity index (χ1) is 16.2. The van der Waals surface area contributed by atoms with E-state index in [2.05, 4.69) is 15.5 Å². The van der Waals surface area contributed by atoms with Crippen molar-refractivity contribution in [2.24, 2.45) is 0 Å². The summed E-state index contributed by atoms with van der Waals surface area (Å²) in [6.45, 7) is 1.22. The molecule has 8 heteroatoms. The van der Waals surface area contributed by atoms with Crippen LogP contribution >= 0.6 is 0 Å². The fourth-order valence-corrected chi connectivity index (χ4v) is 4.41. The lowest BCUT2D eigenvalue weighted by molar-refractivity contribution is -0.124. The molecule has 2 unspecified atom stereocenters. The van der Waals surface area contributed by atoms with Gasteiger partial charge in [0.15, 0.2) is 0 Å². The molecule has 0 aliphatic carbocycles. The number of ether oxygens (including phenoxy) is 1. The highest BCUT2D eigenvalue weighted by atomic mass is 16.5. The molecule has 3 heterocycles. The lowest BCUT2D eigenvalue weighted by Gasteiger charge is -2.33. The zero-order valence-electron chi connectivity index (χ0n) is 18.3. The predicted octanol–water partition coefficient (Wildman–Crippen LogP) is 4.22. The highest BCUT2D eigenvalue weighted by Crippen LogP contribution is 2.32. The van der Waals surface area contributed by atoms with Gasteiger partial charge >= 0.3 is 0 Å². The largest absolute Gasteiger partial charge is 0.368 e. The molecule has 2 saturated heterocycles. The van der Waals surface area contributed by atoms with Crippen molar-refractivity contribution in [3.8, 4) is 11.4 Å². The van der Waals surface area contributed by atoms with E-state index in [4.69, 9.17) is 9.26 Å². The summed E-state index contributed by atoms with van der Waals surface area (Å²) in [6, 6.07) is 16.4. The van der Waals surface area contributed by atoms with Crippen molar-refractivity contribution >= 4 is 17.5 Å². The highest BCUT2D eigenvalue weighted by molar-refractivity contribution is 5.98. The van der Waals surface area contributed by atoms with Crippen LogP contribution in [0.5, 0.6) is 0 Å². The van der Waals surface area contributed by atoms with E-state index in [9.17, 15) is 9.59 Å². The van der Waals surface area contributed by atoms with Gasteiger partial charge in [0.05, 0.1) is 0 Å². The predicted molar refractivity (Wildman–Crippen MR) is 121 cm³/mol. The topological polar surface area (TPSA) is 97.6 Å². The monoisotopic (exact) mass is 446 g/mol. The Balaban J connectivity index is 1.34. The zero-order chi connectivity index (χ0) is 22.6. The van der Waals surface area contributed by atoms with Gasteiger partial charge in [-0.05, 0) is 50.3 Å². The van der Waals surface area contributed by atoms with Crippen LogP contribution in [0.2, 0.25) is 0 Å². The Labute approximate surface area is 191 Å². The highest BCUT2D eigenvalue weighted by Gasteiger charge is 2.33. The number of likely N-dealkylation sites (tertiary alicyclic amines) is 1. The fraction of sp³-hybridized carbons (Fsp3) is 0.360. The minimum absolute atomic E-state index is 0.118. The number of nitrogens with one attached hydrogen (secondary N) is 1. The Morgan fingerprint density at radius 3 is 2.70 bits per heavy atom. The third-order valence-electron chi connectivity index (χ3n) is 6.12. The molecule has 2 atom stereocenters. The summed E-state index contributed by atoms with van der Waals surface area (Å²) in [5.41, 5.74) is 1.96. The van der Waals surface area contributed by atoms with Gasteiger partial charge in [0.2, 0.25) is 11.7 Å². The van der Waals surface area contributed by atoms with Gasteiger partial charge in [0.25, 0.3) is 11.8 Å². The van der Waals surface area contributed by atoms with E-state index in [0.29, 0.717) is 36.1 Å². The molecule has 2 amide bonds. The minimum Gasteiger partial charge on any atom is -0.368 e. The number of carbonyl (C=O) groups is 2. The molecule has 33 heavy (non-hydrogen) atoms. The second kappa shape index (κ2) is 9.54. The molecule has 0 bridgehead atoms. The molecule has 2 aliphatic heterocycles. The number of hydrogen-bond acceptors (Lipinski definition) is 6. The Kier molecular flexibility index (Phi) is 6.17. The lowest BCUT2D eigenvalue weighted by Crippen LogP contribution is -2.38. The molecule has 3 aromatic rings. The van der Waals surface area contributed by atoms with Gasteiger partial charge in [-0.25, -0.2) is 0 Å². The minimum atomic E-state index is -0.424. The van der Waals surface area contributed by atoms with Gasteiger partial charge in [-0.2, -0.15) is 4.98 Å². The number of rotatable bonds is 5. The van der Waals surface area contributed by atoms with E-state index < -0.39 is 6.10 Å². The average Bonchev–Trinajstić information content (AvgIpc) is 3.57. The summed E-state index contributed by atoms with van der Waals surface area (Å²) in [6.07, 6.45) is 3.83. The number of anilines is 1. The van der Waals surface area contributed by atoms with Crippen molar-refractivity contribution < 1.29 is 18.8 Å². The lowest BCUT2D eigenvalue weighted by atomic mass is 10.0.